The number of aryl methyl sites for hydroxylation is 1. The minimum absolute atomic E-state index is 0.0391. The van der Waals surface area contributed by atoms with Crippen LogP contribution in [0.15, 0.2) is 32.8 Å². The summed E-state index contributed by atoms with van der Waals surface area (Å²) in [4.78, 5) is 29.5. The Balaban J connectivity index is 2.08. The van der Waals surface area contributed by atoms with Crippen molar-refractivity contribution in [2.24, 2.45) is 0 Å². The van der Waals surface area contributed by atoms with E-state index in [2.05, 4.69) is 25.9 Å². The Hall–Kier alpha value is -1.66. The second-order valence-electron chi connectivity index (χ2n) is 4.24. The van der Waals surface area contributed by atoms with Crippen LogP contribution in [0, 0.1) is 6.92 Å². The van der Waals surface area contributed by atoms with E-state index >= 15 is 0 Å². The number of aromatic amines is 2. The van der Waals surface area contributed by atoms with Gasteiger partial charge in [0.2, 0.25) is 5.78 Å². The Morgan fingerprint density at radius 2 is 1.95 bits per heavy atom. The van der Waals surface area contributed by atoms with Crippen LogP contribution in [-0.2, 0) is 0 Å². The quantitative estimate of drug-likeness (QED) is 0.705. The van der Waals surface area contributed by atoms with Crippen molar-refractivity contribution in [1.82, 2.24) is 9.97 Å². The molecule has 4 nitrogen and oxygen atoms in total. The van der Waals surface area contributed by atoms with Gasteiger partial charge in [-0.1, -0.05) is 0 Å². The SMILES string of the molecule is Cc1cc(C(=O)c2ccc3[nH]c(=O)[nH]c3c2)sc1Br. The van der Waals surface area contributed by atoms with Crippen LogP contribution < -0.4 is 5.69 Å². The average Bonchev–Trinajstić information content (AvgIpc) is 2.90. The van der Waals surface area contributed by atoms with Crippen LogP contribution >= 0.6 is 27.3 Å². The molecule has 0 spiro atoms. The molecule has 0 saturated heterocycles. The van der Waals surface area contributed by atoms with E-state index in [-0.39, 0.29) is 11.5 Å². The maximum Gasteiger partial charge on any atom is 0.323 e. The highest BCUT2D eigenvalue weighted by Gasteiger charge is 2.14. The van der Waals surface area contributed by atoms with Gasteiger partial charge < -0.3 is 9.97 Å². The second-order valence-corrected chi connectivity index (χ2v) is 6.61. The van der Waals surface area contributed by atoms with Gasteiger partial charge in [-0.25, -0.2) is 4.79 Å². The second kappa shape index (κ2) is 4.47. The molecule has 0 radical (unpaired) electrons. The molecular formula is C13H9BrN2O2S. The minimum atomic E-state index is -0.269. The number of H-pyrrole nitrogens is 2. The number of hydrogen-bond acceptors (Lipinski definition) is 3. The molecule has 3 aromatic rings. The number of ketones is 1. The molecule has 0 aliphatic rings. The molecule has 2 heterocycles. The first kappa shape index (κ1) is 12.4. The molecule has 1 aromatic carbocycles. The lowest BCUT2D eigenvalue weighted by atomic mass is 10.1. The number of aromatic nitrogens is 2. The van der Waals surface area contributed by atoms with Crippen LogP contribution in [0.25, 0.3) is 11.0 Å². The minimum Gasteiger partial charge on any atom is -0.306 e. The van der Waals surface area contributed by atoms with Crippen molar-refractivity contribution in [3.05, 3.63) is 54.5 Å². The number of imidazole rings is 1. The zero-order valence-electron chi connectivity index (χ0n) is 9.91. The summed E-state index contributed by atoms with van der Waals surface area (Å²) >= 11 is 4.83. The molecule has 0 bridgehead atoms. The van der Waals surface area contributed by atoms with Crippen molar-refractivity contribution in [2.75, 3.05) is 0 Å². The fraction of sp³-hybridized carbons (Fsp3) is 0.0769. The molecule has 0 fully saturated rings. The topological polar surface area (TPSA) is 65.7 Å². The zero-order chi connectivity index (χ0) is 13.6. The highest BCUT2D eigenvalue weighted by atomic mass is 79.9. The summed E-state index contributed by atoms with van der Waals surface area (Å²) in [5.74, 6) is -0.0391. The van der Waals surface area contributed by atoms with E-state index in [4.69, 9.17) is 0 Å². The van der Waals surface area contributed by atoms with Crippen molar-refractivity contribution in [3.63, 3.8) is 0 Å². The molecule has 0 aliphatic carbocycles. The normalized spacial score (nSPS) is 11.1. The van der Waals surface area contributed by atoms with Gasteiger partial charge in [0, 0.05) is 5.56 Å². The van der Waals surface area contributed by atoms with Gasteiger partial charge in [-0.05, 0) is 52.7 Å². The highest BCUT2D eigenvalue weighted by molar-refractivity contribution is 9.11. The number of carbonyl (C=O) groups is 1. The van der Waals surface area contributed by atoms with Crippen molar-refractivity contribution >= 4 is 44.1 Å². The summed E-state index contributed by atoms with van der Waals surface area (Å²) in [7, 11) is 0. The number of nitrogens with one attached hydrogen (secondary N) is 2. The van der Waals surface area contributed by atoms with Gasteiger partial charge in [0.15, 0.2) is 0 Å². The lowest BCUT2D eigenvalue weighted by molar-refractivity contribution is 0.104. The molecule has 0 amide bonds. The van der Waals surface area contributed by atoms with E-state index in [9.17, 15) is 9.59 Å². The highest BCUT2D eigenvalue weighted by Crippen LogP contribution is 2.29. The average molecular weight is 337 g/mol. The molecular weight excluding hydrogens is 328 g/mol. The van der Waals surface area contributed by atoms with Crippen molar-refractivity contribution in [3.8, 4) is 0 Å². The molecule has 2 N–H and O–H groups in total. The fourth-order valence-electron chi connectivity index (χ4n) is 1.89. The molecule has 19 heavy (non-hydrogen) atoms. The van der Waals surface area contributed by atoms with Crippen LogP contribution in [0.1, 0.15) is 20.8 Å². The van der Waals surface area contributed by atoms with Crippen LogP contribution in [-0.4, -0.2) is 15.8 Å². The van der Waals surface area contributed by atoms with Gasteiger partial charge in [0.05, 0.1) is 19.7 Å². The summed E-state index contributed by atoms with van der Waals surface area (Å²) < 4.78 is 0.965. The van der Waals surface area contributed by atoms with Crippen molar-refractivity contribution < 1.29 is 4.79 Å². The number of hydrogen-bond donors (Lipinski definition) is 2. The Kier molecular flexibility index (Phi) is 2.91. The molecule has 2 aromatic heterocycles. The summed E-state index contributed by atoms with van der Waals surface area (Å²) in [6.07, 6.45) is 0. The Labute approximate surface area is 120 Å². The first-order chi connectivity index (χ1) is 9.04. The summed E-state index contributed by atoms with van der Waals surface area (Å²) in [6.45, 7) is 1.95. The third kappa shape index (κ3) is 2.17. The molecule has 6 heteroatoms. The maximum atomic E-state index is 12.3. The first-order valence-electron chi connectivity index (χ1n) is 5.57. The van der Waals surface area contributed by atoms with Crippen LogP contribution in [0.5, 0.6) is 0 Å². The number of halogens is 1. The van der Waals surface area contributed by atoms with E-state index < -0.39 is 0 Å². The molecule has 3 rings (SSSR count). The van der Waals surface area contributed by atoms with Gasteiger partial charge in [-0.3, -0.25) is 4.79 Å². The van der Waals surface area contributed by atoms with Crippen LogP contribution in [0.2, 0.25) is 0 Å². The summed E-state index contributed by atoms with van der Waals surface area (Å²) in [6, 6.07) is 7.01. The summed E-state index contributed by atoms with van der Waals surface area (Å²) in [5, 5.41) is 0. The lowest BCUT2D eigenvalue weighted by Gasteiger charge is -1.98. The third-order valence-electron chi connectivity index (χ3n) is 2.86. The molecule has 0 unspecified atom stereocenters. The standard InChI is InChI=1S/C13H9BrN2O2S/c1-6-4-10(19-12(6)14)11(17)7-2-3-8-9(5-7)16-13(18)15-8/h2-5H,1H3,(H2,15,16,18). The third-order valence-corrected chi connectivity index (χ3v) is 4.99. The van der Waals surface area contributed by atoms with Gasteiger partial charge >= 0.3 is 5.69 Å². The maximum absolute atomic E-state index is 12.3. The lowest BCUT2D eigenvalue weighted by Crippen LogP contribution is -1.99. The zero-order valence-corrected chi connectivity index (χ0v) is 12.3. The van der Waals surface area contributed by atoms with Crippen molar-refractivity contribution in [1.29, 1.82) is 0 Å². The predicted molar refractivity (Wildman–Crippen MR) is 79.1 cm³/mol. The van der Waals surface area contributed by atoms with Crippen LogP contribution in [0.3, 0.4) is 0 Å². The van der Waals surface area contributed by atoms with Gasteiger partial charge in [0.25, 0.3) is 0 Å². The van der Waals surface area contributed by atoms with E-state index in [0.717, 1.165) is 9.35 Å². The number of benzene rings is 1. The monoisotopic (exact) mass is 336 g/mol. The van der Waals surface area contributed by atoms with E-state index in [1.165, 1.54) is 11.3 Å². The van der Waals surface area contributed by atoms with E-state index in [1.807, 2.05) is 13.0 Å². The molecule has 0 atom stereocenters. The Morgan fingerprint density at radius 3 is 2.63 bits per heavy atom. The smallest absolute Gasteiger partial charge is 0.306 e. The molecule has 0 aliphatic heterocycles. The summed E-state index contributed by atoms with van der Waals surface area (Å²) in [5.41, 5.74) is 2.68. The Morgan fingerprint density at radius 1 is 1.21 bits per heavy atom. The number of rotatable bonds is 2. The molecule has 0 saturated carbocycles. The van der Waals surface area contributed by atoms with Gasteiger partial charge in [-0.2, -0.15) is 0 Å². The number of fused-ring (bicyclic) bond motifs is 1. The number of carbonyl (C=O) groups excluding carboxylic acids is 1. The Bertz CT molecular complexity index is 824. The largest absolute Gasteiger partial charge is 0.323 e. The molecule has 96 valence electrons. The first-order valence-corrected chi connectivity index (χ1v) is 7.18. The number of thiophene rings is 1. The van der Waals surface area contributed by atoms with Crippen molar-refractivity contribution in [2.45, 2.75) is 6.92 Å². The predicted octanol–water partition coefficient (Wildman–Crippen LogP) is 3.22. The van der Waals surface area contributed by atoms with E-state index in [0.29, 0.717) is 21.5 Å². The van der Waals surface area contributed by atoms with E-state index in [1.54, 1.807) is 18.2 Å². The fourth-order valence-corrected chi connectivity index (χ4v) is 3.38. The van der Waals surface area contributed by atoms with Crippen LogP contribution in [0.4, 0.5) is 0 Å². The van der Waals surface area contributed by atoms with Gasteiger partial charge in [-0.15, -0.1) is 11.3 Å². The van der Waals surface area contributed by atoms with Gasteiger partial charge in [0.1, 0.15) is 0 Å².